The molecule has 0 fully saturated rings. The van der Waals surface area contributed by atoms with Gasteiger partial charge in [0.15, 0.2) is 5.96 Å². The van der Waals surface area contributed by atoms with Crippen molar-refractivity contribution in [2.24, 2.45) is 4.99 Å². The molecule has 1 N–H and O–H groups in total. The minimum absolute atomic E-state index is 0.814. The fourth-order valence-electron chi connectivity index (χ4n) is 2.17. The topological polar surface area (TPSA) is 40.5 Å². The Morgan fingerprint density at radius 3 is 2.64 bits per heavy atom. The molecule has 0 bridgehead atoms. The van der Waals surface area contributed by atoms with Crippen LogP contribution in [0.15, 0.2) is 58.1 Å². The number of nitrogens with one attached hydrogen (secondary N) is 1. The van der Waals surface area contributed by atoms with Crippen molar-refractivity contribution in [3.63, 3.8) is 0 Å². The lowest BCUT2D eigenvalue weighted by atomic mass is 10.2. The van der Waals surface area contributed by atoms with Gasteiger partial charge >= 0.3 is 0 Å². The average Bonchev–Trinajstić information content (AvgIpc) is 2.54. The molecular formula is C17H21BrN4. The second kappa shape index (κ2) is 8.54. The molecule has 0 saturated carbocycles. The monoisotopic (exact) mass is 360 g/mol. The lowest BCUT2D eigenvalue weighted by molar-refractivity contribution is 0.477. The smallest absolute Gasteiger partial charge is 0.193 e. The summed E-state index contributed by atoms with van der Waals surface area (Å²) < 4.78 is 1.09. The Kier molecular flexibility index (Phi) is 6.40. The quantitative estimate of drug-likeness (QED) is 0.657. The molecule has 1 aromatic heterocycles. The summed E-state index contributed by atoms with van der Waals surface area (Å²) in [4.78, 5) is 10.8. The van der Waals surface area contributed by atoms with Crippen LogP contribution in [0.5, 0.6) is 0 Å². The van der Waals surface area contributed by atoms with Gasteiger partial charge in [-0.2, -0.15) is 0 Å². The zero-order valence-corrected chi connectivity index (χ0v) is 14.5. The van der Waals surface area contributed by atoms with E-state index in [-0.39, 0.29) is 0 Å². The van der Waals surface area contributed by atoms with Crippen molar-refractivity contribution in [1.82, 2.24) is 15.2 Å². The van der Waals surface area contributed by atoms with Crippen LogP contribution in [0.1, 0.15) is 11.3 Å². The Morgan fingerprint density at radius 1 is 1.23 bits per heavy atom. The standard InChI is InChI=1S/C17H21BrN4/c1-19-17(21-12-10-16-5-3-4-11-20-16)22(2)13-14-6-8-15(18)9-7-14/h3-9,11H,10,12-13H2,1-2H3,(H,19,21). The van der Waals surface area contributed by atoms with E-state index < -0.39 is 0 Å². The van der Waals surface area contributed by atoms with Gasteiger partial charge in [-0.1, -0.05) is 34.1 Å². The maximum Gasteiger partial charge on any atom is 0.193 e. The highest BCUT2D eigenvalue weighted by atomic mass is 79.9. The van der Waals surface area contributed by atoms with Gasteiger partial charge in [0.05, 0.1) is 0 Å². The number of guanidine groups is 1. The molecule has 116 valence electrons. The van der Waals surface area contributed by atoms with Crippen molar-refractivity contribution < 1.29 is 0 Å². The minimum atomic E-state index is 0.814. The molecule has 0 atom stereocenters. The van der Waals surface area contributed by atoms with Crippen molar-refractivity contribution in [2.75, 3.05) is 20.6 Å². The number of halogens is 1. The molecule has 0 aliphatic carbocycles. The van der Waals surface area contributed by atoms with E-state index in [1.165, 1.54) is 5.56 Å². The second-order valence-corrected chi connectivity index (χ2v) is 5.94. The molecule has 4 nitrogen and oxygen atoms in total. The van der Waals surface area contributed by atoms with Crippen LogP contribution in [0.2, 0.25) is 0 Å². The van der Waals surface area contributed by atoms with Crippen LogP contribution in [0, 0.1) is 0 Å². The first kappa shape index (κ1) is 16.5. The molecule has 1 aromatic carbocycles. The number of hydrogen-bond donors (Lipinski definition) is 1. The highest BCUT2D eigenvalue weighted by molar-refractivity contribution is 9.10. The first-order valence-corrected chi connectivity index (χ1v) is 8.04. The molecule has 1 heterocycles. The predicted molar refractivity (Wildman–Crippen MR) is 94.9 cm³/mol. The van der Waals surface area contributed by atoms with Crippen molar-refractivity contribution in [2.45, 2.75) is 13.0 Å². The molecule has 2 aromatic rings. The SMILES string of the molecule is CN=C(NCCc1ccccn1)N(C)Cc1ccc(Br)cc1. The molecule has 0 aliphatic heterocycles. The molecule has 0 spiro atoms. The summed E-state index contributed by atoms with van der Waals surface area (Å²) in [6.07, 6.45) is 2.70. The van der Waals surface area contributed by atoms with E-state index in [2.05, 4.69) is 60.4 Å². The van der Waals surface area contributed by atoms with Crippen LogP contribution in [0.4, 0.5) is 0 Å². The van der Waals surface area contributed by atoms with E-state index in [0.29, 0.717) is 0 Å². The third kappa shape index (κ3) is 5.15. The summed E-state index contributed by atoms with van der Waals surface area (Å²) in [5.74, 6) is 0.888. The van der Waals surface area contributed by atoms with E-state index in [1.54, 1.807) is 7.05 Å². The molecule has 0 amide bonds. The Bertz CT molecular complexity index is 596. The van der Waals surface area contributed by atoms with Gasteiger partial charge in [-0.3, -0.25) is 9.98 Å². The van der Waals surface area contributed by atoms with Crippen molar-refractivity contribution in [3.8, 4) is 0 Å². The van der Waals surface area contributed by atoms with E-state index in [4.69, 9.17) is 0 Å². The molecule has 0 radical (unpaired) electrons. The van der Waals surface area contributed by atoms with Crippen LogP contribution >= 0.6 is 15.9 Å². The Balaban J connectivity index is 1.84. The molecular weight excluding hydrogens is 340 g/mol. The van der Waals surface area contributed by atoms with Gasteiger partial charge in [0.2, 0.25) is 0 Å². The van der Waals surface area contributed by atoms with Crippen LogP contribution in [0.3, 0.4) is 0 Å². The van der Waals surface area contributed by atoms with Crippen LogP contribution in [-0.2, 0) is 13.0 Å². The van der Waals surface area contributed by atoms with Gasteiger partial charge < -0.3 is 10.2 Å². The summed E-state index contributed by atoms with van der Waals surface area (Å²) in [7, 11) is 3.85. The lowest BCUT2D eigenvalue weighted by Gasteiger charge is -2.22. The van der Waals surface area contributed by atoms with Crippen molar-refractivity contribution in [3.05, 3.63) is 64.4 Å². The predicted octanol–water partition coefficient (Wildman–Crippen LogP) is 3.09. The summed E-state index contributed by atoms with van der Waals surface area (Å²) in [6.45, 7) is 1.63. The summed E-state index contributed by atoms with van der Waals surface area (Å²) in [6, 6.07) is 14.3. The van der Waals surface area contributed by atoms with Gasteiger partial charge in [-0.05, 0) is 29.8 Å². The Labute approximate surface area is 140 Å². The fraction of sp³-hybridized carbons (Fsp3) is 0.294. The van der Waals surface area contributed by atoms with Gasteiger partial charge in [-0.15, -0.1) is 0 Å². The highest BCUT2D eigenvalue weighted by Crippen LogP contribution is 2.11. The van der Waals surface area contributed by atoms with Gasteiger partial charge in [0, 0.05) is 50.0 Å². The Morgan fingerprint density at radius 2 is 2.00 bits per heavy atom. The van der Waals surface area contributed by atoms with E-state index in [1.807, 2.05) is 31.4 Å². The lowest BCUT2D eigenvalue weighted by Crippen LogP contribution is -2.39. The number of aromatic nitrogens is 1. The Hall–Kier alpha value is -1.88. The van der Waals surface area contributed by atoms with E-state index in [0.717, 1.165) is 35.6 Å². The molecule has 2 rings (SSSR count). The zero-order chi connectivity index (χ0) is 15.8. The number of rotatable bonds is 5. The normalized spacial score (nSPS) is 11.3. The maximum absolute atomic E-state index is 4.33. The third-order valence-electron chi connectivity index (χ3n) is 3.30. The average molecular weight is 361 g/mol. The molecule has 0 aliphatic rings. The fourth-order valence-corrected chi connectivity index (χ4v) is 2.44. The first-order chi connectivity index (χ1) is 10.7. The summed E-state index contributed by atoms with van der Waals surface area (Å²) >= 11 is 3.46. The zero-order valence-electron chi connectivity index (χ0n) is 13.0. The molecule has 22 heavy (non-hydrogen) atoms. The highest BCUT2D eigenvalue weighted by Gasteiger charge is 2.06. The van der Waals surface area contributed by atoms with Crippen LogP contribution in [0.25, 0.3) is 0 Å². The minimum Gasteiger partial charge on any atom is -0.356 e. The van der Waals surface area contributed by atoms with E-state index in [9.17, 15) is 0 Å². The molecule has 5 heteroatoms. The first-order valence-electron chi connectivity index (χ1n) is 7.25. The van der Waals surface area contributed by atoms with Crippen molar-refractivity contribution >= 4 is 21.9 Å². The van der Waals surface area contributed by atoms with Gasteiger partial charge in [-0.25, -0.2) is 0 Å². The number of aliphatic imine (C=N–C) groups is 1. The van der Waals surface area contributed by atoms with Gasteiger partial charge in [0.1, 0.15) is 0 Å². The van der Waals surface area contributed by atoms with Crippen molar-refractivity contribution in [1.29, 1.82) is 0 Å². The number of nitrogens with zero attached hydrogens (tertiary/aromatic N) is 3. The number of hydrogen-bond acceptors (Lipinski definition) is 2. The molecule has 0 unspecified atom stereocenters. The van der Waals surface area contributed by atoms with Crippen LogP contribution < -0.4 is 5.32 Å². The summed E-state index contributed by atoms with van der Waals surface area (Å²) in [5.41, 5.74) is 2.33. The van der Waals surface area contributed by atoms with Crippen LogP contribution in [-0.4, -0.2) is 36.5 Å². The number of pyridine rings is 1. The summed E-state index contributed by atoms with van der Waals surface area (Å²) in [5, 5.41) is 3.38. The largest absolute Gasteiger partial charge is 0.356 e. The van der Waals surface area contributed by atoms with Gasteiger partial charge in [0.25, 0.3) is 0 Å². The second-order valence-electron chi connectivity index (χ2n) is 5.03. The number of benzene rings is 1. The maximum atomic E-state index is 4.33. The van der Waals surface area contributed by atoms with E-state index >= 15 is 0 Å². The third-order valence-corrected chi connectivity index (χ3v) is 3.83. The molecule has 0 saturated heterocycles.